The molecule has 1 aromatic rings. The van der Waals surface area contributed by atoms with E-state index < -0.39 is 0 Å². The lowest BCUT2D eigenvalue weighted by atomic mass is 10.0. The van der Waals surface area contributed by atoms with Gasteiger partial charge in [0.15, 0.2) is 0 Å². The molecule has 19 heavy (non-hydrogen) atoms. The SMILES string of the molecule is CCC(NC(C)CN1CCCCC1)c1ccccc1. The van der Waals surface area contributed by atoms with Gasteiger partial charge < -0.3 is 10.2 Å². The fourth-order valence-electron chi connectivity index (χ4n) is 3.06. The van der Waals surface area contributed by atoms with Gasteiger partial charge >= 0.3 is 0 Å². The molecule has 2 heteroatoms. The van der Waals surface area contributed by atoms with Gasteiger partial charge in [0.1, 0.15) is 0 Å². The molecule has 1 N–H and O–H groups in total. The Balaban J connectivity index is 1.84. The first-order chi connectivity index (χ1) is 9.29. The van der Waals surface area contributed by atoms with E-state index in [4.69, 9.17) is 0 Å². The van der Waals surface area contributed by atoms with Crippen molar-refractivity contribution in [3.63, 3.8) is 0 Å². The number of hydrogen-bond donors (Lipinski definition) is 1. The van der Waals surface area contributed by atoms with E-state index in [1.54, 1.807) is 0 Å². The highest BCUT2D eigenvalue weighted by Gasteiger charge is 2.16. The molecule has 1 heterocycles. The summed E-state index contributed by atoms with van der Waals surface area (Å²) in [6.45, 7) is 8.34. The van der Waals surface area contributed by atoms with Crippen molar-refractivity contribution in [1.29, 1.82) is 0 Å². The molecule has 2 nitrogen and oxygen atoms in total. The molecule has 0 bridgehead atoms. The van der Waals surface area contributed by atoms with Crippen molar-refractivity contribution >= 4 is 0 Å². The van der Waals surface area contributed by atoms with E-state index in [0.717, 1.165) is 6.42 Å². The second-order valence-electron chi connectivity index (χ2n) is 5.80. The number of nitrogens with one attached hydrogen (secondary N) is 1. The van der Waals surface area contributed by atoms with Crippen LogP contribution in [0.1, 0.15) is 51.1 Å². The summed E-state index contributed by atoms with van der Waals surface area (Å²) >= 11 is 0. The Kier molecular flexibility index (Phi) is 5.87. The molecular formula is C17H28N2. The molecule has 0 amide bonds. The minimum absolute atomic E-state index is 0.487. The molecule has 0 aromatic heterocycles. The van der Waals surface area contributed by atoms with Crippen LogP contribution in [-0.2, 0) is 0 Å². The minimum atomic E-state index is 0.487. The topological polar surface area (TPSA) is 15.3 Å². The van der Waals surface area contributed by atoms with Crippen molar-refractivity contribution < 1.29 is 0 Å². The number of likely N-dealkylation sites (tertiary alicyclic amines) is 1. The highest BCUT2D eigenvalue weighted by molar-refractivity contribution is 5.18. The second kappa shape index (κ2) is 7.66. The summed E-state index contributed by atoms with van der Waals surface area (Å²) in [5, 5.41) is 3.79. The highest BCUT2D eigenvalue weighted by atomic mass is 15.2. The summed E-state index contributed by atoms with van der Waals surface area (Å²) in [5.41, 5.74) is 1.41. The van der Waals surface area contributed by atoms with E-state index in [0.29, 0.717) is 12.1 Å². The van der Waals surface area contributed by atoms with Crippen molar-refractivity contribution in [2.24, 2.45) is 0 Å². The quantitative estimate of drug-likeness (QED) is 0.840. The third kappa shape index (κ3) is 4.63. The molecule has 1 saturated heterocycles. The van der Waals surface area contributed by atoms with E-state index in [1.807, 2.05) is 0 Å². The average molecular weight is 260 g/mol. The molecule has 0 spiro atoms. The molecule has 1 fully saturated rings. The third-order valence-corrected chi connectivity index (χ3v) is 4.08. The van der Waals surface area contributed by atoms with Crippen LogP contribution in [0.2, 0.25) is 0 Å². The van der Waals surface area contributed by atoms with Crippen LogP contribution in [0.5, 0.6) is 0 Å². The predicted molar refractivity (Wildman–Crippen MR) is 82.4 cm³/mol. The lowest BCUT2D eigenvalue weighted by Crippen LogP contribution is -2.42. The molecule has 0 aliphatic carbocycles. The van der Waals surface area contributed by atoms with Gasteiger partial charge in [-0.25, -0.2) is 0 Å². The predicted octanol–water partition coefficient (Wildman–Crippen LogP) is 3.60. The molecule has 1 aromatic carbocycles. The molecule has 2 atom stereocenters. The Labute approximate surface area is 118 Å². The standard InChI is InChI=1S/C17H28N2/c1-3-17(16-10-6-4-7-11-16)18-15(2)14-19-12-8-5-9-13-19/h4,6-7,10-11,15,17-18H,3,5,8-9,12-14H2,1-2H3. The summed E-state index contributed by atoms with van der Waals surface area (Å²) in [6.07, 6.45) is 5.32. The minimum Gasteiger partial charge on any atom is -0.306 e. The van der Waals surface area contributed by atoms with Crippen LogP contribution in [0.15, 0.2) is 30.3 Å². The zero-order chi connectivity index (χ0) is 13.5. The summed E-state index contributed by atoms with van der Waals surface area (Å²) in [7, 11) is 0. The van der Waals surface area contributed by atoms with Gasteiger partial charge in [0.05, 0.1) is 0 Å². The maximum absolute atomic E-state index is 3.79. The molecule has 0 saturated carbocycles. The van der Waals surface area contributed by atoms with Crippen molar-refractivity contribution in [2.75, 3.05) is 19.6 Å². The highest BCUT2D eigenvalue weighted by Crippen LogP contribution is 2.17. The van der Waals surface area contributed by atoms with Gasteiger partial charge in [0, 0.05) is 18.6 Å². The molecule has 2 unspecified atom stereocenters. The van der Waals surface area contributed by atoms with Crippen molar-refractivity contribution in [3.05, 3.63) is 35.9 Å². The van der Waals surface area contributed by atoms with Crippen LogP contribution in [0.25, 0.3) is 0 Å². The monoisotopic (exact) mass is 260 g/mol. The Morgan fingerprint density at radius 3 is 2.42 bits per heavy atom. The van der Waals surface area contributed by atoms with Gasteiger partial charge in [-0.15, -0.1) is 0 Å². The lowest BCUT2D eigenvalue weighted by Gasteiger charge is -2.31. The average Bonchev–Trinajstić information content (AvgIpc) is 2.47. The maximum Gasteiger partial charge on any atom is 0.0320 e. The maximum atomic E-state index is 3.79. The van der Waals surface area contributed by atoms with Gasteiger partial charge in [0.2, 0.25) is 0 Å². The van der Waals surface area contributed by atoms with Crippen LogP contribution in [0.3, 0.4) is 0 Å². The van der Waals surface area contributed by atoms with Crippen LogP contribution in [-0.4, -0.2) is 30.6 Å². The van der Waals surface area contributed by atoms with Crippen LogP contribution in [0, 0.1) is 0 Å². The number of nitrogens with zero attached hydrogens (tertiary/aromatic N) is 1. The number of hydrogen-bond acceptors (Lipinski definition) is 2. The van der Waals surface area contributed by atoms with Crippen molar-refractivity contribution in [3.8, 4) is 0 Å². The summed E-state index contributed by atoms with van der Waals surface area (Å²) in [6, 6.07) is 11.9. The zero-order valence-corrected chi connectivity index (χ0v) is 12.4. The van der Waals surface area contributed by atoms with Gasteiger partial charge in [-0.1, -0.05) is 43.7 Å². The normalized spacial score (nSPS) is 20.1. The summed E-state index contributed by atoms with van der Waals surface area (Å²) < 4.78 is 0. The number of benzene rings is 1. The van der Waals surface area contributed by atoms with Gasteiger partial charge in [-0.2, -0.15) is 0 Å². The molecule has 0 radical (unpaired) electrons. The van der Waals surface area contributed by atoms with Crippen LogP contribution >= 0.6 is 0 Å². The number of rotatable bonds is 6. The Bertz CT molecular complexity index is 344. The smallest absolute Gasteiger partial charge is 0.0320 e. The Morgan fingerprint density at radius 2 is 1.79 bits per heavy atom. The van der Waals surface area contributed by atoms with E-state index in [-0.39, 0.29) is 0 Å². The fraction of sp³-hybridized carbons (Fsp3) is 0.647. The molecular weight excluding hydrogens is 232 g/mol. The first kappa shape index (κ1) is 14.5. The van der Waals surface area contributed by atoms with Crippen molar-refractivity contribution in [1.82, 2.24) is 10.2 Å². The molecule has 2 rings (SSSR count). The van der Waals surface area contributed by atoms with Crippen LogP contribution < -0.4 is 5.32 Å². The van der Waals surface area contributed by atoms with Crippen molar-refractivity contribution in [2.45, 2.75) is 51.6 Å². The zero-order valence-electron chi connectivity index (χ0n) is 12.4. The lowest BCUT2D eigenvalue weighted by molar-refractivity contribution is 0.203. The summed E-state index contributed by atoms with van der Waals surface area (Å²) in [5.74, 6) is 0. The first-order valence-electron chi connectivity index (χ1n) is 7.83. The van der Waals surface area contributed by atoms with Gasteiger partial charge in [-0.05, 0) is 44.8 Å². The third-order valence-electron chi connectivity index (χ3n) is 4.08. The molecule has 1 aliphatic heterocycles. The molecule has 106 valence electrons. The second-order valence-corrected chi connectivity index (χ2v) is 5.80. The summed E-state index contributed by atoms with van der Waals surface area (Å²) in [4.78, 5) is 2.61. The first-order valence-corrected chi connectivity index (χ1v) is 7.83. The number of piperidine rings is 1. The van der Waals surface area contributed by atoms with Gasteiger partial charge in [-0.3, -0.25) is 0 Å². The van der Waals surface area contributed by atoms with E-state index in [1.165, 1.54) is 44.5 Å². The Hall–Kier alpha value is -0.860. The van der Waals surface area contributed by atoms with Gasteiger partial charge in [0.25, 0.3) is 0 Å². The van der Waals surface area contributed by atoms with E-state index in [2.05, 4.69) is 54.4 Å². The fourth-order valence-corrected chi connectivity index (χ4v) is 3.06. The van der Waals surface area contributed by atoms with E-state index >= 15 is 0 Å². The largest absolute Gasteiger partial charge is 0.306 e. The van der Waals surface area contributed by atoms with E-state index in [9.17, 15) is 0 Å². The molecule has 1 aliphatic rings. The Morgan fingerprint density at radius 1 is 1.11 bits per heavy atom. The van der Waals surface area contributed by atoms with Crippen LogP contribution in [0.4, 0.5) is 0 Å².